The number of thiazole rings is 1. The van der Waals surface area contributed by atoms with Gasteiger partial charge in [0.25, 0.3) is 0 Å². The molecule has 180 valence electrons. The number of amides is 1. The van der Waals surface area contributed by atoms with E-state index in [2.05, 4.69) is 54.9 Å². The molecule has 3 aromatic heterocycles. The number of aryl methyl sites for hydroxylation is 3. The average Bonchev–Trinajstić information content (AvgIpc) is 3.36. The lowest BCUT2D eigenvalue weighted by molar-refractivity contribution is -0.127. The summed E-state index contributed by atoms with van der Waals surface area (Å²) in [6.07, 6.45) is 7.19. The predicted octanol–water partition coefficient (Wildman–Crippen LogP) is 5.44. The molecule has 1 aliphatic carbocycles. The summed E-state index contributed by atoms with van der Waals surface area (Å²) in [7, 11) is 3.58. The van der Waals surface area contributed by atoms with Crippen LogP contribution in [0.5, 0.6) is 0 Å². The zero-order valence-electron chi connectivity index (χ0n) is 20.8. The summed E-state index contributed by atoms with van der Waals surface area (Å²) in [6.45, 7) is 4.29. The molecule has 0 saturated carbocycles. The van der Waals surface area contributed by atoms with E-state index in [-0.39, 0.29) is 5.91 Å². The molecule has 0 atom stereocenters. The Morgan fingerprint density at radius 1 is 1.14 bits per heavy atom. The van der Waals surface area contributed by atoms with Gasteiger partial charge in [-0.25, -0.2) is 9.67 Å². The zero-order valence-corrected chi connectivity index (χ0v) is 21.7. The molecular weight excluding hydrogens is 454 g/mol. The highest BCUT2D eigenvalue weighted by Gasteiger charge is 2.29. The second-order valence-electron chi connectivity index (χ2n) is 9.36. The van der Waals surface area contributed by atoms with Crippen LogP contribution >= 0.6 is 11.3 Å². The maximum Gasteiger partial charge on any atom is 0.228 e. The molecule has 1 aliphatic rings. The van der Waals surface area contributed by atoms with Crippen LogP contribution in [0.1, 0.15) is 47.3 Å². The summed E-state index contributed by atoms with van der Waals surface area (Å²) < 4.78 is 2.10. The Bertz CT molecular complexity index is 1370. The molecule has 1 aromatic carbocycles. The van der Waals surface area contributed by atoms with Crippen molar-refractivity contribution in [3.05, 3.63) is 70.1 Å². The number of para-hydroxylation sites is 1. The average molecular weight is 486 g/mol. The van der Waals surface area contributed by atoms with Crippen molar-refractivity contribution in [3.8, 4) is 27.5 Å². The van der Waals surface area contributed by atoms with Crippen molar-refractivity contribution in [2.45, 2.75) is 52.4 Å². The molecule has 0 saturated heterocycles. The van der Waals surface area contributed by atoms with Crippen molar-refractivity contribution in [1.29, 1.82) is 0 Å². The lowest BCUT2D eigenvalue weighted by atomic mass is 10.0. The van der Waals surface area contributed by atoms with E-state index in [4.69, 9.17) is 15.1 Å². The number of fused-ring (bicyclic) bond motifs is 3. The monoisotopic (exact) mass is 485 g/mol. The van der Waals surface area contributed by atoms with Crippen LogP contribution in [0, 0.1) is 6.92 Å². The molecule has 1 amide bonds. The number of pyridine rings is 1. The van der Waals surface area contributed by atoms with Gasteiger partial charge in [-0.2, -0.15) is 5.10 Å². The topological polar surface area (TPSA) is 63.9 Å². The first-order chi connectivity index (χ1) is 17.0. The van der Waals surface area contributed by atoms with Gasteiger partial charge < -0.3 is 4.90 Å². The molecule has 0 bridgehead atoms. The smallest absolute Gasteiger partial charge is 0.228 e. The number of hydrogen-bond donors (Lipinski definition) is 0. The molecule has 0 spiro atoms. The normalized spacial score (nSPS) is 12.7. The van der Waals surface area contributed by atoms with Gasteiger partial charge >= 0.3 is 0 Å². The Kier molecular flexibility index (Phi) is 6.52. The molecule has 4 aromatic rings. The van der Waals surface area contributed by atoms with Gasteiger partial charge in [-0.3, -0.25) is 9.78 Å². The van der Waals surface area contributed by atoms with Crippen molar-refractivity contribution in [1.82, 2.24) is 24.6 Å². The van der Waals surface area contributed by atoms with E-state index in [1.807, 2.05) is 6.20 Å². The molecule has 7 heteroatoms. The standard InChI is InChI=1S/C28H31N5OS/c1-5-9-20-15-14-19(17-29-20)26-21-11-8-12-22-28(35-24(30-22)16-25(34)32(3)4)27(21)33(31-26)23-13-7-6-10-18(23)2/h6-7,10,13-15,17H,5,8-9,11-12,16H2,1-4H3. The highest BCUT2D eigenvalue weighted by Crippen LogP contribution is 2.42. The zero-order chi connectivity index (χ0) is 24.5. The van der Waals surface area contributed by atoms with E-state index in [0.717, 1.165) is 76.0 Å². The third kappa shape index (κ3) is 4.52. The molecule has 0 fully saturated rings. The van der Waals surface area contributed by atoms with Crippen LogP contribution in [-0.4, -0.2) is 44.7 Å². The van der Waals surface area contributed by atoms with Gasteiger partial charge in [-0.05, 0) is 56.4 Å². The van der Waals surface area contributed by atoms with E-state index in [0.29, 0.717) is 6.42 Å². The predicted molar refractivity (Wildman–Crippen MR) is 141 cm³/mol. The summed E-state index contributed by atoms with van der Waals surface area (Å²) in [5.74, 6) is 0.0699. The van der Waals surface area contributed by atoms with E-state index >= 15 is 0 Å². The van der Waals surface area contributed by atoms with Crippen molar-refractivity contribution in [3.63, 3.8) is 0 Å². The first-order valence-corrected chi connectivity index (χ1v) is 13.1. The fraction of sp³-hybridized carbons (Fsp3) is 0.357. The van der Waals surface area contributed by atoms with Crippen LogP contribution in [-0.2, 0) is 30.5 Å². The van der Waals surface area contributed by atoms with E-state index in [1.54, 1.807) is 30.3 Å². The molecule has 3 heterocycles. The second kappa shape index (κ2) is 9.74. The Balaban J connectivity index is 1.69. The lowest BCUT2D eigenvalue weighted by Crippen LogP contribution is -2.23. The van der Waals surface area contributed by atoms with Crippen LogP contribution < -0.4 is 0 Å². The Morgan fingerprint density at radius 2 is 1.97 bits per heavy atom. The van der Waals surface area contributed by atoms with Crippen LogP contribution in [0.3, 0.4) is 0 Å². The largest absolute Gasteiger partial charge is 0.348 e. The first kappa shape index (κ1) is 23.4. The highest BCUT2D eigenvalue weighted by atomic mass is 32.1. The minimum Gasteiger partial charge on any atom is -0.348 e. The number of likely N-dealkylation sites (N-methyl/N-ethyl adjacent to an activating group) is 1. The van der Waals surface area contributed by atoms with Crippen LogP contribution in [0.2, 0.25) is 0 Å². The van der Waals surface area contributed by atoms with Gasteiger partial charge in [0, 0.05) is 37.1 Å². The van der Waals surface area contributed by atoms with Gasteiger partial charge in [-0.15, -0.1) is 11.3 Å². The molecule has 35 heavy (non-hydrogen) atoms. The summed E-state index contributed by atoms with van der Waals surface area (Å²) >= 11 is 1.63. The Hall–Kier alpha value is -3.32. The van der Waals surface area contributed by atoms with Gasteiger partial charge in [0.2, 0.25) is 5.91 Å². The third-order valence-corrected chi connectivity index (χ3v) is 7.63. The van der Waals surface area contributed by atoms with E-state index in [9.17, 15) is 4.79 Å². The summed E-state index contributed by atoms with van der Waals surface area (Å²) in [5, 5.41) is 6.06. The highest BCUT2D eigenvalue weighted by molar-refractivity contribution is 7.15. The number of rotatable bonds is 6. The van der Waals surface area contributed by atoms with Crippen molar-refractivity contribution < 1.29 is 4.79 Å². The third-order valence-electron chi connectivity index (χ3n) is 6.53. The maximum atomic E-state index is 12.4. The first-order valence-electron chi connectivity index (χ1n) is 12.3. The van der Waals surface area contributed by atoms with Crippen LogP contribution in [0.4, 0.5) is 0 Å². The number of hydrogen-bond acceptors (Lipinski definition) is 5. The molecule has 6 nitrogen and oxygen atoms in total. The minimum absolute atomic E-state index is 0.0699. The minimum atomic E-state index is 0.0699. The summed E-state index contributed by atoms with van der Waals surface area (Å²) in [5.41, 5.74) is 8.81. The van der Waals surface area contributed by atoms with Crippen LogP contribution in [0.15, 0.2) is 42.6 Å². The number of carbonyl (C=O) groups is 1. The lowest BCUT2D eigenvalue weighted by Gasteiger charge is -2.10. The van der Waals surface area contributed by atoms with Crippen molar-refractivity contribution >= 4 is 17.2 Å². The Labute approximate surface area is 210 Å². The van der Waals surface area contributed by atoms with Gasteiger partial charge in [-0.1, -0.05) is 31.5 Å². The molecule has 0 N–H and O–H groups in total. The fourth-order valence-electron chi connectivity index (χ4n) is 4.65. The number of carbonyl (C=O) groups excluding carboxylic acids is 1. The van der Waals surface area contributed by atoms with Gasteiger partial charge in [0.15, 0.2) is 0 Å². The number of nitrogens with zero attached hydrogens (tertiary/aromatic N) is 5. The summed E-state index contributed by atoms with van der Waals surface area (Å²) in [6, 6.07) is 12.6. The van der Waals surface area contributed by atoms with Gasteiger partial charge in [0.1, 0.15) is 5.01 Å². The van der Waals surface area contributed by atoms with Crippen molar-refractivity contribution in [2.75, 3.05) is 14.1 Å². The summed E-state index contributed by atoms with van der Waals surface area (Å²) in [4.78, 5) is 24.8. The molecule has 5 rings (SSSR count). The molecule has 0 aliphatic heterocycles. The number of aromatic nitrogens is 4. The number of benzene rings is 1. The quantitative estimate of drug-likeness (QED) is 0.365. The second-order valence-corrected chi connectivity index (χ2v) is 10.4. The van der Waals surface area contributed by atoms with Crippen molar-refractivity contribution in [2.24, 2.45) is 0 Å². The van der Waals surface area contributed by atoms with Gasteiger partial charge in [0.05, 0.1) is 34.1 Å². The van der Waals surface area contributed by atoms with E-state index < -0.39 is 0 Å². The molecule has 0 unspecified atom stereocenters. The molecule has 0 radical (unpaired) electrons. The molecular formula is C28H31N5OS. The maximum absolute atomic E-state index is 12.4. The SMILES string of the molecule is CCCc1ccc(-c2nn(-c3ccccc3C)c3c2CCCc2nc(CC(=O)N(C)C)sc2-3)cn1. The Morgan fingerprint density at radius 3 is 2.69 bits per heavy atom. The van der Waals surface area contributed by atoms with Crippen LogP contribution in [0.25, 0.3) is 27.5 Å². The van der Waals surface area contributed by atoms with E-state index in [1.165, 1.54) is 11.1 Å². The fourth-order valence-corrected chi connectivity index (χ4v) is 5.81.